The number of carbonyl (C=O) groups excluding carboxylic acids is 1. The van der Waals surface area contributed by atoms with Crippen molar-refractivity contribution in [2.45, 2.75) is 30.2 Å². The predicted molar refractivity (Wildman–Crippen MR) is 124 cm³/mol. The van der Waals surface area contributed by atoms with Gasteiger partial charge in [-0.15, -0.1) is 0 Å². The number of anilines is 1. The largest absolute Gasteiger partial charge is 0.484 e. The molecule has 2 aromatic rings. The Morgan fingerprint density at radius 3 is 2.24 bits per heavy atom. The maximum absolute atomic E-state index is 12.3. The zero-order chi connectivity index (χ0) is 21.4. The van der Waals surface area contributed by atoms with E-state index in [1.807, 2.05) is 43.3 Å². The molecule has 0 radical (unpaired) electrons. The third kappa shape index (κ3) is 8.26. The van der Waals surface area contributed by atoms with Crippen LogP contribution < -0.4 is 20.7 Å². The summed E-state index contributed by atoms with van der Waals surface area (Å²) < 4.78 is 3.64. The summed E-state index contributed by atoms with van der Waals surface area (Å²) in [6.45, 7) is 3.81. The van der Waals surface area contributed by atoms with Gasteiger partial charge in [-0.1, -0.05) is 71.6 Å². The third-order valence-electron chi connectivity index (χ3n) is 3.92. The van der Waals surface area contributed by atoms with Gasteiger partial charge >= 0.3 is 0 Å². The van der Waals surface area contributed by atoms with Crippen molar-refractivity contribution in [1.29, 1.82) is 0 Å². The Labute approximate surface area is 191 Å². The van der Waals surface area contributed by atoms with Crippen molar-refractivity contribution in [1.82, 2.24) is 10.6 Å². The number of alkyl halides is 3. The lowest BCUT2D eigenvalue weighted by molar-refractivity contribution is -0.123. The van der Waals surface area contributed by atoms with Crippen LogP contribution in [0.3, 0.4) is 0 Å². The number of rotatable bonds is 7. The molecule has 0 saturated heterocycles. The molecule has 0 fully saturated rings. The summed E-state index contributed by atoms with van der Waals surface area (Å²) >= 11 is 23.2. The van der Waals surface area contributed by atoms with Gasteiger partial charge in [-0.25, -0.2) is 0 Å². The molecule has 0 aromatic heterocycles. The minimum atomic E-state index is -1.84. The summed E-state index contributed by atoms with van der Waals surface area (Å²) in [5, 5.41) is 8.55. The van der Waals surface area contributed by atoms with Gasteiger partial charge in [-0.05, 0) is 55.4 Å². The SMILES string of the molecule is CCc1ccc(OCC(=O)N[C@H](NC(=S)Nc2ccc(C)cc2)C(Cl)(Cl)Cl)cc1. The van der Waals surface area contributed by atoms with Crippen LogP contribution in [-0.2, 0) is 11.2 Å². The van der Waals surface area contributed by atoms with E-state index >= 15 is 0 Å². The van der Waals surface area contributed by atoms with Gasteiger partial charge < -0.3 is 20.7 Å². The van der Waals surface area contributed by atoms with Gasteiger partial charge in [0.1, 0.15) is 11.9 Å². The topological polar surface area (TPSA) is 62.4 Å². The molecule has 0 aliphatic carbocycles. The molecule has 3 N–H and O–H groups in total. The van der Waals surface area contributed by atoms with Gasteiger partial charge in [0.2, 0.25) is 3.79 Å². The lowest BCUT2D eigenvalue weighted by Crippen LogP contribution is -2.56. The summed E-state index contributed by atoms with van der Waals surface area (Å²) in [6, 6.07) is 15.1. The fraction of sp³-hybridized carbons (Fsp3) is 0.300. The van der Waals surface area contributed by atoms with Crippen LogP contribution in [-0.4, -0.2) is 27.6 Å². The van der Waals surface area contributed by atoms with E-state index < -0.39 is 15.9 Å². The quantitative estimate of drug-likeness (QED) is 0.307. The van der Waals surface area contributed by atoms with E-state index in [0.717, 1.165) is 17.7 Å². The Morgan fingerprint density at radius 1 is 1.07 bits per heavy atom. The molecule has 9 heteroatoms. The van der Waals surface area contributed by atoms with Crippen LogP contribution in [0.5, 0.6) is 5.75 Å². The molecule has 2 aromatic carbocycles. The number of carbonyl (C=O) groups is 1. The summed E-state index contributed by atoms with van der Waals surface area (Å²) in [5.41, 5.74) is 3.06. The molecular weight excluding hydrogens is 453 g/mol. The second-order valence-electron chi connectivity index (χ2n) is 6.29. The number of amides is 1. The van der Waals surface area contributed by atoms with Crippen LogP contribution in [0.1, 0.15) is 18.1 Å². The molecular formula is C20H22Cl3N3O2S. The first-order chi connectivity index (χ1) is 13.7. The molecule has 156 valence electrons. The Hall–Kier alpha value is -1.73. The van der Waals surface area contributed by atoms with E-state index in [1.165, 1.54) is 5.56 Å². The summed E-state index contributed by atoms with van der Waals surface area (Å²) in [5.74, 6) is 0.110. The van der Waals surface area contributed by atoms with Crippen molar-refractivity contribution < 1.29 is 9.53 Å². The molecule has 1 amide bonds. The first-order valence-electron chi connectivity index (χ1n) is 8.89. The summed E-state index contributed by atoms with van der Waals surface area (Å²) in [7, 11) is 0. The van der Waals surface area contributed by atoms with E-state index in [-0.39, 0.29) is 11.7 Å². The highest BCUT2D eigenvalue weighted by molar-refractivity contribution is 7.80. The van der Waals surface area contributed by atoms with E-state index in [0.29, 0.717) is 5.75 Å². The number of nitrogens with one attached hydrogen (secondary N) is 3. The zero-order valence-electron chi connectivity index (χ0n) is 16.0. The summed E-state index contributed by atoms with van der Waals surface area (Å²) in [4.78, 5) is 12.3. The van der Waals surface area contributed by atoms with Gasteiger partial charge in [-0.2, -0.15) is 0 Å². The second-order valence-corrected chi connectivity index (χ2v) is 9.07. The molecule has 2 rings (SSSR count). The van der Waals surface area contributed by atoms with Crippen molar-refractivity contribution in [2.75, 3.05) is 11.9 Å². The molecule has 0 aliphatic rings. The van der Waals surface area contributed by atoms with E-state index in [2.05, 4.69) is 22.9 Å². The molecule has 5 nitrogen and oxygen atoms in total. The molecule has 29 heavy (non-hydrogen) atoms. The van der Waals surface area contributed by atoms with Gasteiger partial charge in [0.15, 0.2) is 11.7 Å². The smallest absolute Gasteiger partial charge is 0.259 e. The number of benzene rings is 2. The fourth-order valence-corrected chi connectivity index (χ4v) is 2.87. The van der Waals surface area contributed by atoms with E-state index in [1.54, 1.807) is 12.1 Å². The fourth-order valence-electron chi connectivity index (χ4n) is 2.31. The van der Waals surface area contributed by atoms with Gasteiger partial charge in [0.25, 0.3) is 5.91 Å². The van der Waals surface area contributed by atoms with Crippen molar-refractivity contribution in [3.05, 3.63) is 59.7 Å². The van der Waals surface area contributed by atoms with Crippen LogP contribution in [0.15, 0.2) is 48.5 Å². The van der Waals surface area contributed by atoms with Gasteiger partial charge in [-0.3, -0.25) is 4.79 Å². The number of hydrogen-bond donors (Lipinski definition) is 3. The van der Waals surface area contributed by atoms with Gasteiger partial charge in [0.05, 0.1) is 0 Å². The molecule has 0 heterocycles. The average Bonchev–Trinajstić information content (AvgIpc) is 2.67. The van der Waals surface area contributed by atoms with Crippen molar-refractivity contribution in [3.63, 3.8) is 0 Å². The minimum absolute atomic E-state index is 0.196. The molecule has 0 bridgehead atoms. The molecule has 0 spiro atoms. The zero-order valence-corrected chi connectivity index (χ0v) is 19.1. The maximum atomic E-state index is 12.3. The van der Waals surface area contributed by atoms with E-state index in [9.17, 15) is 4.79 Å². The Bertz CT molecular complexity index is 824. The standard InChI is InChI=1S/C20H22Cl3N3O2S/c1-3-14-6-10-16(11-7-14)28-12-17(27)25-18(20(21,22)23)26-19(29)24-15-8-4-13(2)5-9-15/h4-11,18H,3,12H2,1-2H3,(H,25,27)(H2,24,26,29)/t18-/m1/s1. The number of hydrogen-bond acceptors (Lipinski definition) is 3. The second kappa shape index (κ2) is 10.9. The number of ether oxygens (including phenoxy) is 1. The lowest BCUT2D eigenvalue weighted by Gasteiger charge is -2.27. The maximum Gasteiger partial charge on any atom is 0.259 e. The highest BCUT2D eigenvalue weighted by Gasteiger charge is 2.34. The Kier molecular flexibility index (Phi) is 8.83. The first-order valence-corrected chi connectivity index (χ1v) is 10.4. The van der Waals surface area contributed by atoms with Gasteiger partial charge in [0, 0.05) is 5.69 Å². The normalized spacial score (nSPS) is 12.0. The average molecular weight is 475 g/mol. The third-order valence-corrected chi connectivity index (χ3v) is 4.79. The van der Waals surface area contributed by atoms with Crippen LogP contribution in [0.25, 0.3) is 0 Å². The first kappa shape index (κ1) is 23.5. The lowest BCUT2D eigenvalue weighted by atomic mass is 10.2. The summed E-state index contributed by atoms with van der Waals surface area (Å²) in [6.07, 6.45) is -0.134. The van der Waals surface area contributed by atoms with Crippen LogP contribution in [0.4, 0.5) is 5.69 Å². The van der Waals surface area contributed by atoms with Crippen LogP contribution >= 0.6 is 47.0 Å². The highest BCUT2D eigenvalue weighted by Crippen LogP contribution is 2.29. The monoisotopic (exact) mass is 473 g/mol. The molecule has 0 saturated carbocycles. The minimum Gasteiger partial charge on any atom is -0.484 e. The Balaban J connectivity index is 1.90. The van der Waals surface area contributed by atoms with E-state index in [4.69, 9.17) is 51.8 Å². The number of halogens is 3. The molecule has 0 unspecified atom stereocenters. The van der Waals surface area contributed by atoms with Crippen molar-refractivity contribution in [3.8, 4) is 5.75 Å². The van der Waals surface area contributed by atoms with Crippen molar-refractivity contribution in [2.24, 2.45) is 0 Å². The Morgan fingerprint density at radius 2 is 1.69 bits per heavy atom. The highest BCUT2D eigenvalue weighted by atomic mass is 35.6. The molecule has 0 aliphatic heterocycles. The van der Waals surface area contributed by atoms with Crippen LogP contribution in [0, 0.1) is 6.92 Å². The number of aryl methyl sites for hydroxylation is 2. The number of thiocarbonyl (C=S) groups is 1. The van der Waals surface area contributed by atoms with Crippen LogP contribution in [0.2, 0.25) is 0 Å². The van der Waals surface area contributed by atoms with Crippen molar-refractivity contribution >= 4 is 63.7 Å². The molecule has 1 atom stereocenters. The predicted octanol–water partition coefficient (Wildman–Crippen LogP) is 4.74.